The first-order valence-electron chi connectivity index (χ1n) is 8.21. The van der Waals surface area contributed by atoms with Crippen LogP contribution in [0, 0.1) is 5.82 Å². The van der Waals surface area contributed by atoms with Gasteiger partial charge in [0, 0.05) is 27.7 Å². The first kappa shape index (κ1) is 19.6. The third-order valence-corrected chi connectivity index (χ3v) is 4.86. The lowest BCUT2D eigenvalue weighted by atomic mass is 10.2. The van der Waals surface area contributed by atoms with Crippen LogP contribution in [0.2, 0.25) is 10.0 Å². The average Bonchev–Trinajstić information content (AvgIpc) is 2.67. The fraction of sp³-hybridized carbons (Fsp3) is 0.0952. The van der Waals surface area contributed by atoms with Crippen LogP contribution in [0.3, 0.4) is 0 Å². The Labute approximate surface area is 172 Å². The molecule has 0 heterocycles. The van der Waals surface area contributed by atoms with Gasteiger partial charge in [0.25, 0.3) is 0 Å². The van der Waals surface area contributed by atoms with Crippen LogP contribution in [-0.2, 0) is 13.2 Å². The molecule has 0 radical (unpaired) electrons. The van der Waals surface area contributed by atoms with Crippen molar-refractivity contribution in [2.45, 2.75) is 13.2 Å². The quantitative estimate of drug-likeness (QED) is 0.482. The van der Waals surface area contributed by atoms with E-state index in [-0.39, 0.29) is 5.82 Å². The van der Waals surface area contributed by atoms with Gasteiger partial charge in [-0.1, -0.05) is 53.6 Å². The second-order valence-electron chi connectivity index (χ2n) is 5.86. The van der Waals surface area contributed by atoms with Crippen molar-refractivity contribution in [3.63, 3.8) is 0 Å². The molecule has 0 bridgehead atoms. The molecule has 0 fully saturated rings. The van der Waals surface area contributed by atoms with Crippen molar-refractivity contribution in [2.75, 3.05) is 0 Å². The van der Waals surface area contributed by atoms with E-state index in [2.05, 4.69) is 5.32 Å². The largest absolute Gasteiger partial charge is 0.489 e. The fourth-order valence-electron chi connectivity index (χ4n) is 2.39. The molecule has 0 aliphatic carbocycles. The predicted molar refractivity (Wildman–Crippen MR) is 112 cm³/mol. The zero-order valence-corrected chi connectivity index (χ0v) is 16.5. The minimum atomic E-state index is -0.253. The molecule has 6 heteroatoms. The number of hydrogen-bond donors (Lipinski definition) is 1. The van der Waals surface area contributed by atoms with Gasteiger partial charge in [0.15, 0.2) is 0 Å². The van der Waals surface area contributed by atoms with Gasteiger partial charge in [-0.05, 0) is 54.1 Å². The second-order valence-corrected chi connectivity index (χ2v) is 7.11. The molecule has 1 N–H and O–H groups in total. The molecule has 138 valence electrons. The summed E-state index contributed by atoms with van der Waals surface area (Å²) in [6.45, 7) is 0.884. The Balaban J connectivity index is 1.54. The average molecular weight is 420 g/mol. The van der Waals surface area contributed by atoms with E-state index in [9.17, 15) is 4.39 Å². The highest BCUT2D eigenvalue weighted by Gasteiger charge is 2.05. The third-order valence-electron chi connectivity index (χ3n) is 3.89. The Hall–Kier alpha value is -2.14. The Morgan fingerprint density at radius 1 is 0.963 bits per heavy atom. The lowest BCUT2D eigenvalue weighted by molar-refractivity contribution is 0.306. The predicted octanol–water partition coefficient (Wildman–Crippen LogP) is 6.18. The molecule has 3 aromatic carbocycles. The van der Waals surface area contributed by atoms with Crippen molar-refractivity contribution >= 4 is 40.4 Å². The van der Waals surface area contributed by atoms with E-state index < -0.39 is 0 Å². The van der Waals surface area contributed by atoms with Gasteiger partial charge in [0.1, 0.15) is 23.2 Å². The zero-order chi connectivity index (χ0) is 19.2. The molecule has 0 aromatic heterocycles. The summed E-state index contributed by atoms with van der Waals surface area (Å²) in [5.74, 6) is 0.461. The number of benzene rings is 3. The standard InChI is InChI=1S/C21H16Cl2FNOS/c22-17-6-3-16(20(23)11-17)13-26-19-9-4-15(5-10-19)21(27)25-12-14-1-7-18(24)8-2-14/h1-11H,12-13H2,(H,25,27). The molecule has 0 amide bonds. The number of halogens is 3. The lowest BCUT2D eigenvalue weighted by Gasteiger charge is -2.11. The molecule has 0 spiro atoms. The van der Waals surface area contributed by atoms with Crippen molar-refractivity contribution in [3.8, 4) is 5.75 Å². The van der Waals surface area contributed by atoms with Crippen LogP contribution in [0.25, 0.3) is 0 Å². The Kier molecular flexibility index (Phi) is 6.67. The summed E-state index contributed by atoms with van der Waals surface area (Å²) in [6, 6.07) is 19.1. The molecule has 3 rings (SSSR count). The third kappa shape index (κ3) is 5.67. The van der Waals surface area contributed by atoms with E-state index in [1.165, 1.54) is 12.1 Å². The molecule has 0 unspecified atom stereocenters. The van der Waals surface area contributed by atoms with Gasteiger partial charge in [-0.25, -0.2) is 4.39 Å². The van der Waals surface area contributed by atoms with Crippen molar-refractivity contribution < 1.29 is 9.13 Å². The summed E-state index contributed by atoms with van der Waals surface area (Å²) in [5, 5.41) is 4.33. The first-order valence-corrected chi connectivity index (χ1v) is 9.37. The zero-order valence-electron chi connectivity index (χ0n) is 14.2. The smallest absolute Gasteiger partial charge is 0.123 e. The number of thiocarbonyl (C=S) groups is 1. The highest BCUT2D eigenvalue weighted by atomic mass is 35.5. The monoisotopic (exact) mass is 419 g/mol. The van der Waals surface area contributed by atoms with E-state index in [1.54, 1.807) is 24.3 Å². The van der Waals surface area contributed by atoms with Gasteiger partial charge in [0.2, 0.25) is 0 Å². The fourth-order valence-corrected chi connectivity index (χ4v) is 3.06. The highest BCUT2D eigenvalue weighted by Crippen LogP contribution is 2.23. The maximum Gasteiger partial charge on any atom is 0.123 e. The minimum absolute atomic E-state index is 0.253. The maximum atomic E-state index is 12.9. The molecule has 0 atom stereocenters. The topological polar surface area (TPSA) is 21.3 Å². The summed E-state index contributed by atoms with van der Waals surface area (Å²) >= 11 is 17.4. The number of rotatable bonds is 6. The molecular weight excluding hydrogens is 404 g/mol. The van der Waals surface area contributed by atoms with Gasteiger partial charge >= 0.3 is 0 Å². The first-order chi connectivity index (χ1) is 13.0. The number of hydrogen-bond acceptors (Lipinski definition) is 2. The van der Waals surface area contributed by atoms with Crippen LogP contribution < -0.4 is 10.1 Å². The van der Waals surface area contributed by atoms with E-state index in [1.807, 2.05) is 30.3 Å². The van der Waals surface area contributed by atoms with E-state index in [0.717, 1.165) is 16.7 Å². The molecule has 0 aliphatic heterocycles. The normalized spacial score (nSPS) is 10.5. The minimum Gasteiger partial charge on any atom is -0.489 e. The van der Waals surface area contributed by atoms with Gasteiger partial charge in [-0.3, -0.25) is 0 Å². The summed E-state index contributed by atoms with van der Waals surface area (Å²) in [5.41, 5.74) is 2.70. The van der Waals surface area contributed by atoms with Gasteiger partial charge in [0.05, 0.1) is 0 Å². The second kappa shape index (κ2) is 9.18. The van der Waals surface area contributed by atoms with Crippen LogP contribution in [0.15, 0.2) is 66.7 Å². The van der Waals surface area contributed by atoms with Crippen molar-refractivity contribution in [3.05, 3.63) is 99.3 Å². The van der Waals surface area contributed by atoms with Gasteiger partial charge in [-0.15, -0.1) is 0 Å². The Bertz CT molecular complexity index is 930. The van der Waals surface area contributed by atoms with Crippen molar-refractivity contribution in [1.82, 2.24) is 5.32 Å². The van der Waals surface area contributed by atoms with Gasteiger partial charge < -0.3 is 10.1 Å². The Morgan fingerprint density at radius 2 is 1.67 bits per heavy atom. The van der Waals surface area contributed by atoms with Crippen LogP contribution in [0.1, 0.15) is 16.7 Å². The SMILES string of the molecule is Fc1ccc(CNC(=S)c2ccc(OCc3ccc(Cl)cc3Cl)cc2)cc1. The molecule has 27 heavy (non-hydrogen) atoms. The summed E-state index contributed by atoms with van der Waals surface area (Å²) in [6.07, 6.45) is 0. The summed E-state index contributed by atoms with van der Waals surface area (Å²) in [7, 11) is 0. The molecule has 3 aromatic rings. The number of nitrogens with one attached hydrogen (secondary N) is 1. The molecule has 0 aliphatic rings. The van der Waals surface area contributed by atoms with Crippen LogP contribution >= 0.6 is 35.4 Å². The molecule has 0 saturated carbocycles. The van der Waals surface area contributed by atoms with Gasteiger partial charge in [-0.2, -0.15) is 0 Å². The van der Waals surface area contributed by atoms with Crippen LogP contribution in [-0.4, -0.2) is 4.99 Å². The lowest BCUT2D eigenvalue weighted by Crippen LogP contribution is -2.21. The maximum absolute atomic E-state index is 12.9. The van der Waals surface area contributed by atoms with Crippen LogP contribution in [0.5, 0.6) is 5.75 Å². The molecular formula is C21H16Cl2FNOS. The summed E-state index contributed by atoms with van der Waals surface area (Å²) in [4.78, 5) is 0.617. The van der Waals surface area contributed by atoms with E-state index >= 15 is 0 Å². The van der Waals surface area contributed by atoms with Crippen molar-refractivity contribution in [1.29, 1.82) is 0 Å². The van der Waals surface area contributed by atoms with E-state index in [0.29, 0.717) is 33.9 Å². The Morgan fingerprint density at radius 3 is 2.33 bits per heavy atom. The van der Waals surface area contributed by atoms with E-state index in [4.69, 9.17) is 40.2 Å². The molecule has 0 saturated heterocycles. The highest BCUT2D eigenvalue weighted by molar-refractivity contribution is 7.80. The number of ether oxygens (including phenoxy) is 1. The van der Waals surface area contributed by atoms with Crippen molar-refractivity contribution in [2.24, 2.45) is 0 Å². The molecule has 2 nitrogen and oxygen atoms in total. The summed E-state index contributed by atoms with van der Waals surface area (Å²) < 4.78 is 18.7. The van der Waals surface area contributed by atoms with Crippen LogP contribution in [0.4, 0.5) is 4.39 Å².